The first-order valence-electron chi connectivity index (χ1n) is 4.47. The van der Waals surface area contributed by atoms with Gasteiger partial charge in [-0.3, -0.25) is 4.98 Å². The zero-order valence-corrected chi connectivity index (χ0v) is 8.97. The summed E-state index contributed by atoms with van der Waals surface area (Å²) in [5, 5.41) is 3.44. The Hall–Kier alpha value is -0.540. The minimum absolute atomic E-state index is 0.404. The van der Waals surface area contributed by atoms with E-state index in [1.165, 1.54) is 5.56 Å². The Morgan fingerprint density at radius 1 is 1.62 bits per heavy atom. The number of rotatable bonds is 5. The van der Waals surface area contributed by atoms with E-state index >= 15 is 0 Å². The lowest BCUT2D eigenvalue weighted by Crippen LogP contribution is -2.21. The average molecular weight is 196 g/mol. The molecule has 72 valence electrons. The standard InChI is InChI=1S/C10H16N2S/c1-9(12-6-7-13-2)10-4-3-5-11-8-10/h3-5,8-9,12H,6-7H2,1-2H3/t9-/m0/s1. The molecule has 2 nitrogen and oxygen atoms in total. The highest BCUT2D eigenvalue weighted by Crippen LogP contribution is 2.09. The fourth-order valence-corrected chi connectivity index (χ4v) is 1.45. The lowest BCUT2D eigenvalue weighted by molar-refractivity contribution is 0.599. The molecule has 3 heteroatoms. The number of pyridine rings is 1. The van der Waals surface area contributed by atoms with Gasteiger partial charge < -0.3 is 5.32 Å². The van der Waals surface area contributed by atoms with Gasteiger partial charge in [0.25, 0.3) is 0 Å². The van der Waals surface area contributed by atoms with Gasteiger partial charge in [-0.1, -0.05) is 6.07 Å². The first kappa shape index (κ1) is 10.5. The van der Waals surface area contributed by atoms with Crippen LogP contribution in [0.25, 0.3) is 0 Å². The van der Waals surface area contributed by atoms with Crippen LogP contribution in [0.4, 0.5) is 0 Å². The Kier molecular flexibility index (Phi) is 4.86. The van der Waals surface area contributed by atoms with Crippen molar-refractivity contribution >= 4 is 11.8 Å². The van der Waals surface area contributed by atoms with E-state index in [4.69, 9.17) is 0 Å². The van der Waals surface area contributed by atoms with Gasteiger partial charge in [0, 0.05) is 30.7 Å². The second-order valence-corrected chi connectivity index (χ2v) is 3.94. The van der Waals surface area contributed by atoms with Crippen molar-refractivity contribution in [3.05, 3.63) is 30.1 Å². The van der Waals surface area contributed by atoms with Crippen LogP contribution in [0, 0.1) is 0 Å². The molecule has 0 amide bonds. The molecule has 0 aliphatic rings. The van der Waals surface area contributed by atoms with Crippen molar-refractivity contribution in [2.24, 2.45) is 0 Å². The molecule has 0 aliphatic carbocycles. The molecular formula is C10H16N2S. The first-order chi connectivity index (χ1) is 6.34. The summed E-state index contributed by atoms with van der Waals surface area (Å²) in [6.07, 6.45) is 5.84. The molecule has 1 atom stereocenters. The molecule has 0 aromatic carbocycles. The third-order valence-electron chi connectivity index (χ3n) is 1.94. The lowest BCUT2D eigenvalue weighted by Gasteiger charge is -2.12. The Bertz CT molecular complexity index is 226. The number of nitrogens with zero attached hydrogens (tertiary/aromatic N) is 1. The summed E-state index contributed by atoms with van der Waals surface area (Å²) in [7, 11) is 0. The summed E-state index contributed by atoms with van der Waals surface area (Å²) in [5.74, 6) is 1.16. The quantitative estimate of drug-likeness (QED) is 0.730. The Morgan fingerprint density at radius 3 is 3.08 bits per heavy atom. The number of nitrogens with one attached hydrogen (secondary N) is 1. The van der Waals surface area contributed by atoms with Crippen LogP contribution in [0.15, 0.2) is 24.5 Å². The van der Waals surface area contributed by atoms with Crippen LogP contribution in [0.3, 0.4) is 0 Å². The summed E-state index contributed by atoms with van der Waals surface area (Å²) in [6.45, 7) is 3.22. The summed E-state index contributed by atoms with van der Waals surface area (Å²) < 4.78 is 0. The first-order valence-corrected chi connectivity index (χ1v) is 5.86. The summed E-state index contributed by atoms with van der Waals surface area (Å²) in [5.41, 5.74) is 1.25. The molecule has 1 aromatic rings. The van der Waals surface area contributed by atoms with Gasteiger partial charge in [-0.05, 0) is 24.8 Å². The molecular weight excluding hydrogens is 180 g/mol. The van der Waals surface area contributed by atoms with Crippen molar-refractivity contribution in [3.63, 3.8) is 0 Å². The Labute approximate surface area is 84.1 Å². The highest BCUT2D eigenvalue weighted by Gasteiger charge is 2.02. The van der Waals surface area contributed by atoms with E-state index in [9.17, 15) is 0 Å². The van der Waals surface area contributed by atoms with Crippen molar-refractivity contribution < 1.29 is 0 Å². The van der Waals surface area contributed by atoms with Crippen molar-refractivity contribution in [1.82, 2.24) is 10.3 Å². The molecule has 1 heterocycles. The van der Waals surface area contributed by atoms with Gasteiger partial charge in [-0.15, -0.1) is 0 Å². The van der Waals surface area contributed by atoms with Crippen LogP contribution in [-0.2, 0) is 0 Å². The van der Waals surface area contributed by atoms with Gasteiger partial charge in [-0.25, -0.2) is 0 Å². The molecule has 0 spiro atoms. The van der Waals surface area contributed by atoms with E-state index in [0.717, 1.165) is 12.3 Å². The van der Waals surface area contributed by atoms with Crippen molar-refractivity contribution in [2.75, 3.05) is 18.6 Å². The maximum Gasteiger partial charge on any atom is 0.0315 e. The molecule has 0 aliphatic heterocycles. The lowest BCUT2D eigenvalue weighted by atomic mass is 10.1. The van der Waals surface area contributed by atoms with E-state index in [1.807, 2.05) is 24.0 Å². The van der Waals surface area contributed by atoms with Crippen LogP contribution in [-0.4, -0.2) is 23.5 Å². The molecule has 0 saturated heterocycles. The fourth-order valence-electron chi connectivity index (χ4n) is 1.13. The minimum atomic E-state index is 0.404. The van der Waals surface area contributed by atoms with Crippen molar-refractivity contribution in [3.8, 4) is 0 Å². The van der Waals surface area contributed by atoms with Crippen LogP contribution in [0.1, 0.15) is 18.5 Å². The maximum atomic E-state index is 4.09. The zero-order chi connectivity index (χ0) is 9.52. The van der Waals surface area contributed by atoms with Gasteiger partial charge in [0.15, 0.2) is 0 Å². The molecule has 0 saturated carbocycles. The van der Waals surface area contributed by atoms with E-state index in [1.54, 1.807) is 6.20 Å². The second-order valence-electron chi connectivity index (χ2n) is 2.95. The van der Waals surface area contributed by atoms with Gasteiger partial charge in [0.1, 0.15) is 0 Å². The summed E-state index contributed by atoms with van der Waals surface area (Å²) in [6, 6.07) is 4.48. The van der Waals surface area contributed by atoms with Crippen LogP contribution < -0.4 is 5.32 Å². The molecule has 1 aromatic heterocycles. The Balaban J connectivity index is 2.35. The van der Waals surface area contributed by atoms with Crippen LogP contribution in [0.5, 0.6) is 0 Å². The number of hydrogen-bond acceptors (Lipinski definition) is 3. The number of hydrogen-bond donors (Lipinski definition) is 1. The van der Waals surface area contributed by atoms with Gasteiger partial charge in [-0.2, -0.15) is 11.8 Å². The molecule has 0 unspecified atom stereocenters. The molecule has 0 bridgehead atoms. The SMILES string of the molecule is CSCCN[C@@H](C)c1cccnc1. The zero-order valence-electron chi connectivity index (χ0n) is 8.16. The predicted octanol–water partition coefficient (Wildman–Crippen LogP) is 2.10. The van der Waals surface area contributed by atoms with Gasteiger partial charge in [0.05, 0.1) is 0 Å². The Morgan fingerprint density at radius 2 is 2.46 bits per heavy atom. The third kappa shape index (κ3) is 3.79. The average Bonchev–Trinajstić information content (AvgIpc) is 2.19. The molecule has 0 radical (unpaired) electrons. The monoisotopic (exact) mass is 196 g/mol. The smallest absolute Gasteiger partial charge is 0.0315 e. The summed E-state index contributed by atoms with van der Waals surface area (Å²) in [4.78, 5) is 4.09. The molecule has 0 fully saturated rings. The molecule has 13 heavy (non-hydrogen) atoms. The highest BCUT2D eigenvalue weighted by molar-refractivity contribution is 7.98. The fraction of sp³-hybridized carbons (Fsp3) is 0.500. The van der Waals surface area contributed by atoms with Crippen molar-refractivity contribution in [1.29, 1.82) is 0 Å². The van der Waals surface area contributed by atoms with Crippen LogP contribution >= 0.6 is 11.8 Å². The predicted molar refractivity (Wildman–Crippen MR) is 59.0 cm³/mol. The largest absolute Gasteiger partial charge is 0.309 e. The summed E-state index contributed by atoms with van der Waals surface area (Å²) >= 11 is 1.86. The topological polar surface area (TPSA) is 24.9 Å². The van der Waals surface area contributed by atoms with E-state index in [0.29, 0.717) is 6.04 Å². The van der Waals surface area contributed by atoms with Gasteiger partial charge in [0.2, 0.25) is 0 Å². The number of thioether (sulfide) groups is 1. The maximum absolute atomic E-state index is 4.09. The molecule has 1 N–H and O–H groups in total. The van der Waals surface area contributed by atoms with Crippen LogP contribution in [0.2, 0.25) is 0 Å². The van der Waals surface area contributed by atoms with Crippen molar-refractivity contribution in [2.45, 2.75) is 13.0 Å². The second kappa shape index (κ2) is 6.00. The van der Waals surface area contributed by atoms with E-state index in [2.05, 4.69) is 29.5 Å². The molecule has 1 rings (SSSR count). The normalized spacial score (nSPS) is 12.8. The third-order valence-corrected chi connectivity index (χ3v) is 2.55. The van der Waals surface area contributed by atoms with E-state index in [-0.39, 0.29) is 0 Å². The highest BCUT2D eigenvalue weighted by atomic mass is 32.2. The van der Waals surface area contributed by atoms with Gasteiger partial charge >= 0.3 is 0 Å². The minimum Gasteiger partial charge on any atom is -0.309 e. The van der Waals surface area contributed by atoms with E-state index < -0.39 is 0 Å². The number of aromatic nitrogens is 1.